The lowest BCUT2D eigenvalue weighted by Crippen LogP contribution is -2.31. The summed E-state index contributed by atoms with van der Waals surface area (Å²) in [5, 5.41) is 11.8. The van der Waals surface area contributed by atoms with Crippen LogP contribution in [0.2, 0.25) is 0 Å². The van der Waals surface area contributed by atoms with Crippen LogP contribution >= 0.6 is 0 Å². The molecule has 132 valence electrons. The van der Waals surface area contributed by atoms with Crippen molar-refractivity contribution in [3.05, 3.63) is 65.0 Å². The van der Waals surface area contributed by atoms with Crippen LogP contribution in [0.4, 0.5) is 4.39 Å². The van der Waals surface area contributed by atoms with Gasteiger partial charge in [-0.05, 0) is 35.7 Å². The Morgan fingerprint density at radius 3 is 2.56 bits per heavy atom. The van der Waals surface area contributed by atoms with E-state index in [1.165, 1.54) is 19.2 Å². The molecule has 0 saturated carbocycles. The van der Waals surface area contributed by atoms with Crippen LogP contribution in [-0.4, -0.2) is 24.1 Å². The first-order chi connectivity index (χ1) is 11.9. The van der Waals surface area contributed by atoms with Gasteiger partial charge < -0.3 is 15.2 Å². The molecule has 1 atom stereocenters. The first-order valence-electron chi connectivity index (χ1n) is 7.79. The lowest BCUT2D eigenvalue weighted by molar-refractivity contribution is -0.137. The minimum absolute atomic E-state index is 0.0527. The fourth-order valence-corrected chi connectivity index (χ4v) is 2.64. The quantitative estimate of drug-likeness (QED) is 0.809. The number of hydrogen-bond acceptors (Lipinski definition) is 3. The van der Waals surface area contributed by atoms with Crippen LogP contribution in [0.15, 0.2) is 42.5 Å². The van der Waals surface area contributed by atoms with E-state index in [0.717, 1.165) is 11.1 Å². The maximum atomic E-state index is 13.7. The number of rotatable bonds is 7. The highest BCUT2D eigenvalue weighted by molar-refractivity contribution is 5.80. The largest absolute Gasteiger partial charge is 0.494 e. The molecule has 0 spiro atoms. The zero-order valence-electron chi connectivity index (χ0n) is 14.1. The zero-order chi connectivity index (χ0) is 18.4. The third-order valence-electron chi connectivity index (χ3n) is 3.86. The maximum Gasteiger partial charge on any atom is 0.305 e. The number of hydrogen-bond donors (Lipinski definition) is 2. The molecule has 2 aromatic carbocycles. The summed E-state index contributed by atoms with van der Waals surface area (Å²) in [5.74, 6) is -1.83. The van der Waals surface area contributed by atoms with E-state index in [2.05, 4.69) is 5.32 Å². The highest BCUT2D eigenvalue weighted by Gasteiger charge is 2.20. The van der Waals surface area contributed by atoms with Crippen LogP contribution in [0.25, 0.3) is 0 Å². The molecular formula is C19H20FNO4. The molecule has 0 aliphatic heterocycles. The molecule has 0 aromatic heterocycles. The van der Waals surface area contributed by atoms with Gasteiger partial charge in [0.1, 0.15) is 0 Å². The minimum atomic E-state index is -1.01. The van der Waals surface area contributed by atoms with Gasteiger partial charge in [-0.2, -0.15) is 0 Å². The van der Waals surface area contributed by atoms with Crippen molar-refractivity contribution in [3.63, 3.8) is 0 Å². The van der Waals surface area contributed by atoms with Gasteiger partial charge in [0, 0.05) is 0 Å². The highest BCUT2D eigenvalue weighted by Crippen LogP contribution is 2.22. The van der Waals surface area contributed by atoms with Crippen LogP contribution in [0.1, 0.15) is 29.2 Å². The van der Waals surface area contributed by atoms with Gasteiger partial charge in [0.15, 0.2) is 11.6 Å². The SMILES string of the molecule is COc1ccc(CC(=O)NC(CC(=O)O)c2ccccc2C)cc1F. The molecular weight excluding hydrogens is 325 g/mol. The Labute approximate surface area is 145 Å². The monoisotopic (exact) mass is 345 g/mol. The third kappa shape index (κ3) is 5.04. The Kier molecular flexibility index (Phi) is 6.11. The van der Waals surface area contributed by atoms with Crippen molar-refractivity contribution >= 4 is 11.9 Å². The topological polar surface area (TPSA) is 75.6 Å². The van der Waals surface area contributed by atoms with Gasteiger partial charge in [-0.3, -0.25) is 9.59 Å². The second kappa shape index (κ2) is 8.28. The van der Waals surface area contributed by atoms with Crippen molar-refractivity contribution in [3.8, 4) is 5.75 Å². The van der Waals surface area contributed by atoms with E-state index in [0.29, 0.717) is 5.56 Å². The van der Waals surface area contributed by atoms with Crippen LogP contribution in [0.3, 0.4) is 0 Å². The van der Waals surface area contributed by atoms with Crippen molar-refractivity contribution in [2.75, 3.05) is 7.11 Å². The molecule has 0 bridgehead atoms. The number of halogens is 1. The standard InChI is InChI=1S/C19H20FNO4/c1-12-5-3-4-6-14(12)16(11-19(23)24)21-18(22)10-13-7-8-17(25-2)15(20)9-13/h3-9,16H,10-11H2,1-2H3,(H,21,22)(H,23,24). The van der Waals surface area contributed by atoms with E-state index in [-0.39, 0.29) is 24.5 Å². The summed E-state index contributed by atoms with van der Waals surface area (Å²) >= 11 is 0. The molecule has 2 N–H and O–H groups in total. The number of nitrogens with one attached hydrogen (secondary N) is 1. The lowest BCUT2D eigenvalue weighted by atomic mass is 9.98. The molecule has 0 aliphatic carbocycles. The molecule has 0 heterocycles. The number of benzene rings is 2. The van der Waals surface area contributed by atoms with E-state index in [1.54, 1.807) is 18.2 Å². The summed E-state index contributed by atoms with van der Waals surface area (Å²) in [6, 6.07) is 10.9. The van der Waals surface area contributed by atoms with Crippen molar-refractivity contribution < 1.29 is 23.8 Å². The third-order valence-corrected chi connectivity index (χ3v) is 3.86. The van der Waals surface area contributed by atoms with Crippen molar-refractivity contribution in [1.29, 1.82) is 0 Å². The van der Waals surface area contributed by atoms with Gasteiger partial charge in [-0.15, -0.1) is 0 Å². The number of ether oxygens (including phenoxy) is 1. The summed E-state index contributed by atoms with van der Waals surface area (Å²) in [6.07, 6.45) is -0.281. The Bertz CT molecular complexity index is 776. The Morgan fingerprint density at radius 2 is 1.96 bits per heavy atom. The lowest BCUT2D eigenvalue weighted by Gasteiger charge is -2.19. The summed E-state index contributed by atoms with van der Waals surface area (Å²) in [7, 11) is 1.36. The second-order valence-corrected chi connectivity index (χ2v) is 5.72. The van der Waals surface area contributed by atoms with Gasteiger partial charge in [-0.25, -0.2) is 4.39 Å². The average molecular weight is 345 g/mol. The highest BCUT2D eigenvalue weighted by atomic mass is 19.1. The number of aliphatic carboxylic acids is 1. The summed E-state index contributed by atoms with van der Waals surface area (Å²) < 4.78 is 18.6. The molecule has 0 saturated heterocycles. The Balaban J connectivity index is 2.13. The first kappa shape index (κ1) is 18.4. The Morgan fingerprint density at radius 1 is 1.24 bits per heavy atom. The minimum Gasteiger partial charge on any atom is -0.494 e. The summed E-state index contributed by atoms with van der Waals surface area (Å²) in [5.41, 5.74) is 2.12. The van der Waals surface area contributed by atoms with Crippen LogP contribution in [0.5, 0.6) is 5.75 Å². The molecule has 2 aromatic rings. The molecule has 1 amide bonds. The fourth-order valence-electron chi connectivity index (χ4n) is 2.64. The van der Waals surface area contributed by atoms with Crippen molar-refractivity contribution in [2.24, 2.45) is 0 Å². The molecule has 5 nitrogen and oxygen atoms in total. The molecule has 0 radical (unpaired) electrons. The van der Waals surface area contributed by atoms with Crippen molar-refractivity contribution in [1.82, 2.24) is 5.32 Å². The van der Waals surface area contributed by atoms with Gasteiger partial charge in [0.25, 0.3) is 0 Å². The van der Waals surface area contributed by atoms with Crippen LogP contribution in [0, 0.1) is 12.7 Å². The maximum absolute atomic E-state index is 13.7. The number of amides is 1. The van der Waals surface area contributed by atoms with Gasteiger partial charge in [-0.1, -0.05) is 30.3 Å². The summed E-state index contributed by atoms with van der Waals surface area (Å²) in [4.78, 5) is 23.4. The van der Waals surface area contributed by atoms with E-state index in [9.17, 15) is 14.0 Å². The number of carbonyl (C=O) groups is 2. The van der Waals surface area contributed by atoms with Crippen LogP contribution < -0.4 is 10.1 Å². The molecule has 0 fully saturated rings. The molecule has 1 unspecified atom stereocenters. The number of carboxylic acids is 1. The van der Waals surface area contributed by atoms with Gasteiger partial charge in [0.2, 0.25) is 5.91 Å². The number of methoxy groups -OCH3 is 1. The molecule has 2 rings (SSSR count). The summed E-state index contributed by atoms with van der Waals surface area (Å²) in [6.45, 7) is 1.86. The fraction of sp³-hybridized carbons (Fsp3) is 0.263. The van der Waals surface area contributed by atoms with Crippen LogP contribution in [-0.2, 0) is 16.0 Å². The predicted molar refractivity (Wildman–Crippen MR) is 91.0 cm³/mol. The predicted octanol–water partition coefficient (Wildman–Crippen LogP) is 3.02. The van der Waals surface area contributed by atoms with E-state index >= 15 is 0 Å². The average Bonchev–Trinajstić information content (AvgIpc) is 2.54. The smallest absolute Gasteiger partial charge is 0.305 e. The molecule has 6 heteroatoms. The van der Waals surface area contributed by atoms with Crippen molar-refractivity contribution in [2.45, 2.75) is 25.8 Å². The second-order valence-electron chi connectivity index (χ2n) is 5.72. The van der Waals surface area contributed by atoms with E-state index in [4.69, 9.17) is 9.84 Å². The van der Waals surface area contributed by atoms with Gasteiger partial charge in [0.05, 0.1) is 26.0 Å². The first-order valence-corrected chi connectivity index (χ1v) is 7.79. The van der Waals surface area contributed by atoms with E-state index < -0.39 is 17.8 Å². The normalized spacial score (nSPS) is 11.6. The Hall–Kier alpha value is -2.89. The van der Waals surface area contributed by atoms with Gasteiger partial charge >= 0.3 is 5.97 Å². The number of carbonyl (C=O) groups excluding carboxylic acids is 1. The van der Waals surface area contributed by atoms with E-state index in [1.807, 2.05) is 19.1 Å². The number of carboxylic acid groups (broad SMARTS) is 1. The molecule has 25 heavy (non-hydrogen) atoms. The number of aryl methyl sites for hydroxylation is 1. The molecule has 0 aliphatic rings. The zero-order valence-corrected chi connectivity index (χ0v) is 14.1.